The molecule has 0 aliphatic carbocycles. The number of Topliss-reactive ketones (excluding diaryl/α,β-unsaturated/α-hetero) is 1. The van der Waals surface area contributed by atoms with Crippen molar-refractivity contribution in [2.45, 2.75) is 25.3 Å². The Morgan fingerprint density at radius 1 is 1.50 bits per heavy atom. The predicted octanol–water partition coefficient (Wildman–Crippen LogP) is 2.59. The number of ether oxygens (including phenoxy) is 1. The second-order valence-electron chi connectivity index (χ2n) is 5.30. The summed E-state index contributed by atoms with van der Waals surface area (Å²) < 4.78 is 6.72. The molecule has 1 saturated heterocycles. The van der Waals surface area contributed by atoms with Gasteiger partial charge in [0.25, 0.3) is 0 Å². The highest BCUT2D eigenvalue weighted by Crippen LogP contribution is 2.33. The molecule has 3 nitrogen and oxygen atoms in total. The molecule has 1 unspecified atom stereocenters. The molecular weight excluding hydrogens is 338 g/mol. The Kier molecular flexibility index (Phi) is 4.68. The van der Waals surface area contributed by atoms with Crippen LogP contribution in [-0.2, 0) is 17.6 Å². The van der Waals surface area contributed by atoms with E-state index in [-0.39, 0.29) is 0 Å². The van der Waals surface area contributed by atoms with Crippen molar-refractivity contribution in [3.8, 4) is 5.75 Å². The molecule has 0 amide bonds. The van der Waals surface area contributed by atoms with Gasteiger partial charge in [-0.05, 0) is 17.7 Å². The van der Waals surface area contributed by atoms with Gasteiger partial charge in [0.05, 0.1) is 6.61 Å². The molecule has 1 fully saturated rings. The van der Waals surface area contributed by atoms with E-state index < -0.39 is 0 Å². The summed E-state index contributed by atoms with van der Waals surface area (Å²) in [4.78, 5) is 12.3. The summed E-state index contributed by atoms with van der Waals surface area (Å²) in [6, 6.07) is 4.45. The molecule has 2 aliphatic rings. The molecular formula is C15H18BrNO2S. The lowest BCUT2D eigenvalue weighted by Crippen LogP contribution is -2.39. The summed E-state index contributed by atoms with van der Waals surface area (Å²) in [5.74, 6) is 3.42. The predicted molar refractivity (Wildman–Crippen MR) is 85.8 cm³/mol. The Hall–Kier alpha value is -0.520. The molecule has 0 radical (unpaired) electrons. The number of carbonyl (C=O) groups excluding carboxylic acids is 1. The van der Waals surface area contributed by atoms with Gasteiger partial charge in [0, 0.05) is 53.4 Å². The SMILES string of the molecule is O=C(Cc1cc(Br)cc2c1OCC2)CC1CSCCN1. The van der Waals surface area contributed by atoms with Crippen molar-refractivity contribution in [2.75, 3.05) is 24.7 Å². The first-order chi connectivity index (χ1) is 9.72. The van der Waals surface area contributed by atoms with Crippen LogP contribution in [0.2, 0.25) is 0 Å². The number of ketones is 1. The quantitative estimate of drug-likeness (QED) is 0.900. The van der Waals surface area contributed by atoms with Crippen molar-refractivity contribution in [2.24, 2.45) is 0 Å². The zero-order valence-electron chi connectivity index (χ0n) is 11.3. The van der Waals surface area contributed by atoms with Gasteiger partial charge in [-0.15, -0.1) is 0 Å². The van der Waals surface area contributed by atoms with Crippen molar-refractivity contribution in [1.29, 1.82) is 0 Å². The summed E-state index contributed by atoms with van der Waals surface area (Å²) in [6.07, 6.45) is 2.04. The Labute approximate surface area is 132 Å². The topological polar surface area (TPSA) is 38.3 Å². The first-order valence-electron chi connectivity index (χ1n) is 6.99. The van der Waals surface area contributed by atoms with Crippen molar-refractivity contribution in [1.82, 2.24) is 5.32 Å². The lowest BCUT2D eigenvalue weighted by atomic mass is 10.0. The lowest BCUT2D eigenvalue weighted by molar-refractivity contribution is -0.118. The first-order valence-corrected chi connectivity index (χ1v) is 8.94. The third-order valence-electron chi connectivity index (χ3n) is 3.69. The van der Waals surface area contributed by atoms with Gasteiger partial charge in [0.2, 0.25) is 0 Å². The van der Waals surface area contributed by atoms with Crippen LogP contribution in [-0.4, -0.2) is 36.5 Å². The number of fused-ring (bicyclic) bond motifs is 1. The van der Waals surface area contributed by atoms with Crippen LogP contribution in [0.4, 0.5) is 0 Å². The standard InChI is InChI=1S/C15H18BrNO2S/c16-12-5-10-1-3-19-15(10)11(6-12)7-14(18)8-13-9-20-4-2-17-13/h5-6,13,17H,1-4,7-9H2. The van der Waals surface area contributed by atoms with E-state index in [4.69, 9.17) is 4.74 Å². The largest absolute Gasteiger partial charge is 0.493 e. The number of hydrogen-bond donors (Lipinski definition) is 1. The second-order valence-corrected chi connectivity index (χ2v) is 7.36. The van der Waals surface area contributed by atoms with Crippen LogP contribution in [0.5, 0.6) is 5.75 Å². The normalized spacial score (nSPS) is 21.4. The van der Waals surface area contributed by atoms with Crippen molar-refractivity contribution >= 4 is 33.5 Å². The monoisotopic (exact) mass is 355 g/mol. The van der Waals surface area contributed by atoms with Crippen LogP contribution in [0.25, 0.3) is 0 Å². The summed E-state index contributed by atoms with van der Waals surface area (Å²) in [7, 11) is 0. The van der Waals surface area contributed by atoms with Gasteiger partial charge in [0.15, 0.2) is 0 Å². The van der Waals surface area contributed by atoms with Gasteiger partial charge in [-0.2, -0.15) is 11.8 Å². The Morgan fingerprint density at radius 2 is 2.40 bits per heavy atom. The highest BCUT2D eigenvalue weighted by Gasteiger charge is 2.21. The van der Waals surface area contributed by atoms with E-state index in [0.29, 0.717) is 24.7 Å². The van der Waals surface area contributed by atoms with Crippen molar-refractivity contribution in [3.63, 3.8) is 0 Å². The maximum Gasteiger partial charge on any atom is 0.138 e. The molecule has 0 spiro atoms. The molecule has 1 aromatic carbocycles. The molecule has 1 aromatic rings. The van der Waals surface area contributed by atoms with Crippen LogP contribution in [0.3, 0.4) is 0 Å². The lowest BCUT2D eigenvalue weighted by Gasteiger charge is -2.22. The molecule has 0 aromatic heterocycles. The molecule has 108 valence electrons. The van der Waals surface area contributed by atoms with E-state index in [2.05, 4.69) is 27.3 Å². The summed E-state index contributed by atoms with van der Waals surface area (Å²) in [6.45, 7) is 1.74. The van der Waals surface area contributed by atoms with Crippen molar-refractivity contribution < 1.29 is 9.53 Å². The van der Waals surface area contributed by atoms with E-state index in [1.165, 1.54) is 5.56 Å². The fourth-order valence-corrected chi connectivity index (χ4v) is 4.29. The third kappa shape index (κ3) is 3.38. The zero-order chi connectivity index (χ0) is 13.9. The second kappa shape index (κ2) is 6.50. The van der Waals surface area contributed by atoms with Crippen molar-refractivity contribution in [3.05, 3.63) is 27.7 Å². The van der Waals surface area contributed by atoms with E-state index in [1.807, 2.05) is 17.8 Å². The summed E-state index contributed by atoms with van der Waals surface area (Å²) in [5.41, 5.74) is 2.24. The average Bonchev–Trinajstić information content (AvgIpc) is 2.88. The van der Waals surface area contributed by atoms with Gasteiger partial charge in [-0.3, -0.25) is 4.79 Å². The average molecular weight is 356 g/mol. The molecule has 0 bridgehead atoms. The molecule has 0 saturated carbocycles. The Bertz CT molecular complexity index is 515. The van der Waals surface area contributed by atoms with Gasteiger partial charge < -0.3 is 10.1 Å². The number of thioether (sulfide) groups is 1. The number of carbonyl (C=O) groups is 1. The van der Waals surface area contributed by atoms with Crippen LogP contribution in [0.1, 0.15) is 17.5 Å². The van der Waals surface area contributed by atoms with Gasteiger partial charge in [0.1, 0.15) is 11.5 Å². The minimum Gasteiger partial charge on any atom is -0.493 e. The fourth-order valence-electron chi connectivity index (χ4n) is 2.79. The number of hydrogen-bond acceptors (Lipinski definition) is 4. The third-order valence-corrected chi connectivity index (χ3v) is 5.27. The van der Waals surface area contributed by atoms with Gasteiger partial charge in [-0.25, -0.2) is 0 Å². The zero-order valence-corrected chi connectivity index (χ0v) is 13.7. The highest BCUT2D eigenvalue weighted by atomic mass is 79.9. The maximum absolute atomic E-state index is 12.3. The molecule has 2 aliphatic heterocycles. The number of halogens is 1. The first kappa shape index (κ1) is 14.4. The minimum absolute atomic E-state index is 0.292. The smallest absolute Gasteiger partial charge is 0.138 e. The Balaban J connectivity index is 1.66. The van der Waals surface area contributed by atoms with Crippen LogP contribution >= 0.6 is 27.7 Å². The van der Waals surface area contributed by atoms with E-state index in [9.17, 15) is 4.79 Å². The van der Waals surface area contributed by atoms with E-state index >= 15 is 0 Å². The van der Waals surface area contributed by atoms with Crippen LogP contribution < -0.4 is 10.1 Å². The Morgan fingerprint density at radius 3 is 3.20 bits per heavy atom. The number of benzene rings is 1. The number of rotatable bonds is 4. The molecule has 3 rings (SSSR count). The molecule has 5 heteroatoms. The molecule has 2 heterocycles. The fraction of sp³-hybridized carbons (Fsp3) is 0.533. The minimum atomic E-state index is 0.292. The maximum atomic E-state index is 12.3. The molecule has 1 N–H and O–H groups in total. The highest BCUT2D eigenvalue weighted by molar-refractivity contribution is 9.10. The van der Waals surface area contributed by atoms with Crippen LogP contribution in [0.15, 0.2) is 16.6 Å². The molecule has 1 atom stereocenters. The number of nitrogens with one attached hydrogen (secondary N) is 1. The van der Waals surface area contributed by atoms with E-state index in [0.717, 1.165) is 46.9 Å². The summed E-state index contributed by atoms with van der Waals surface area (Å²) >= 11 is 5.45. The van der Waals surface area contributed by atoms with Gasteiger partial charge in [-0.1, -0.05) is 15.9 Å². The molecule has 20 heavy (non-hydrogen) atoms. The van der Waals surface area contributed by atoms with Crippen LogP contribution in [0, 0.1) is 0 Å². The van der Waals surface area contributed by atoms with E-state index in [1.54, 1.807) is 0 Å². The van der Waals surface area contributed by atoms with Gasteiger partial charge >= 0.3 is 0 Å². The summed E-state index contributed by atoms with van der Waals surface area (Å²) in [5, 5.41) is 3.42.